The van der Waals surface area contributed by atoms with Crippen molar-refractivity contribution in [3.05, 3.63) is 12.7 Å². The first-order valence-electron chi connectivity index (χ1n) is 15.0. The highest BCUT2D eigenvalue weighted by molar-refractivity contribution is 7.84. The summed E-state index contributed by atoms with van der Waals surface area (Å²) in [6.07, 6.45) is 1.63. The normalized spacial score (nSPS) is 17.2. The SMILES string of the molecule is CC(C)(C)C(=O)OCOC(=O)CC[C@H](NC(=O)Nc1ncnc2c1ncn2[C@H]1CC[C@@H](COS(N)(=O)=O)O1)C(=O)OCOC(=O)C(C)(C)C. The van der Waals surface area contributed by atoms with Gasteiger partial charge < -0.3 is 29.0 Å². The maximum absolute atomic E-state index is 13.0. The molecule has 1 aliphatic rings. The number of carbonyl (C=O) groups is 5. The molecule has 0 radical (unpaired) electrons. The molecule has 4 N–H and O–H groups in total. The number of urea groups is 1. The second kappa shape index (κ2) is 16.3. The number of fused-ring (bicyclic) bond motifs is 1. The molecule has 20 nitrogen and oxygen atoms in total. The number of esters is 4. The van der Waals surface area contributed by atoms with Gasteiger partial charge in [-0.1, -0.05) is 0 Å². The third-order valence-corrected chi connectivity index (χ3v) is 7.12. The number of nitrogens with zero attached hydrogens (tertiary/aromatic N) is 4. The van der Waals surface area contributed by atoms with E-state index in [1.54, 1.807) is 46.1 Å². The Bertz CT molecular complexity index is 1630. The molecule has 21 heteroatoms. The van der Waals surface area contributed by atoms with Crippen molar-refractivity contribution in [1.82, 2.24) is 24.8 Å². The monoisotopic (exact) mass is 715 g/mol. The number of imidazole rings is 1. The largest absolute Gasteiger partial charge is 0.428 e. The molecular formula is C28H41N7O13S. The van der Waals surface area contributed by atoms with Crippen LogP contribution < -0.4 is 15.8 Å². The number of ether oxygens (including phenoxy) is 5. The van der Waals surface area contributed by atoms with E-state index in [0.29, 0.717) is 12.8 Å². The molecule has 0 bridgehead atoms. The number of carbonyl (C=O) groups excluding carboxylic acids is 5. The van der Waals surface area contributed by atoms with Gasteiger partial charge >= 0.3 is 40.2 Å². The predicted octanol–water partition coefficient (Wildman–Crippen LogP) is 1.17. The van der Waals surface area contributed by atoms with Crippen LogP contribution in [-0.4, -0.2) is 90.2 Å². The zero-order valence-corrected chi connectivity index (χ0v) is 28.7. The number of aromatic nitrogens is 4. The molecule has 0 aromatic carbocycles. The zero-order valence-electron chi connectivity index (χ0n) is 27.9. The Labute approximate surface area is 281 Å². The molecule has 1 aliphatic heterocycles. The minimum absolute atomic E-state index is 0.0420. The lowest BCUT2D eigenvalue weighted by Gasteiger charge is -2.20. The van der Waals surface area contributed by atoms with Gasteiger partial charge in [0.1, 0.15) is 18.6 Å². The lowest BCUT2D eigenvalue weighted by molar-refractivity contribution is -0.174. The van der Waals surface area contributed by atoms with Gasteiger partial charge in [-0.05, 0) is 60.8 Å². The second-order valence-electron chi connectivity index (χ2n) is 12.9. The first-order chi connectivity index (χ1) is 22.7. The Hall–Kier alpha value is -4.47. The fourth-order valence-corrected chi connectivity index (χ4v) is 4.39. The van der Waals surface area contributed by atoms with Gasteiger partial charge in [0.05, 0.1) is 29.9 Å². The van der Waals surface area contributed by atoms with Gasteiger partial charge in [0.15, 0.2) is 17.0 Å². The summed E-state index contributed by atoms with van der Waals surface area (Å²) in [5.41, 5.74) is -1.25. The van der Waals surface area contributed by atoms with Gasteiger partial charge in [-0.25, -0.2) is 29.7 Å². The van der Waals surface area contributed by atoms with E-state index in [0.717, 1.165) is 6.33 Å². The van der Waals surface area contributed by atoms with Gasteiger partial charge in [-0.2, -0.15) is 8.42 Å². The number of nitrogens with one attached hydrogen (secondary N) is 2. The molecule has 0 aliphatic carbocycles. The summed E-state index contributed by atoms with van der Waals surface area (Å²) >= 11 is 0. The van der Waals surface area contributed by atoms with Gasteiger partial charge in [0, 0.05) is 6.42 Å². The average molecular weight is 716 g/mol. The summed E-state index contributed by atoms with van der Waals surface area (Å²) in [6, 6.07) is -2.37. The maximum atomic E-state index is 13.0. The van der Waals surface area contributed by atoms with Crippen molar-refractivity contribution in [2.75, 3.05) is 25.5 Å². The van der Waals surface area contributed by atoms with Crippen molar-refractivity contribution in [1.29, 1.82) is 0 Å². The van der Waals surface area contributed by atoms with E-state index < -0.39 is 89.4 Å². The Morgan fingerprint density at radius 1 is 0.959 bits per heavy atom. The van der Waals surface area contributed by atoms with E-state index in [2.05, 4.69) is 29.8 Å². The summed E-state index contributed by atoms with van der Waals surface area (Å²) in [7, 11) is -4.14. The van der Waals surface area contributed by atoms with Gasteiger partial charge in [0.25, 0.3) is 0 Å². The highest BCUT2D eigenvalue weighted by atomic mass is 32.2. The Morgan fingerprint density at radius 3 is 2.20 bits per heavy atom. The van der Waals surface area contributed by atoms with E-state index in [1.807, 2.05) is 0 Å². The van der Waals surface area contributed by atoms with Crippen LogP contribution in [0.5, 0.6) is 0 Å². The Morgan fingerprint density at radius 2 is 1.59 bits per heavy atom. The molecule has 3 rings (SSSR count). The minimum Gasteiger partial charge on any atom is -0.428 e. The summed E-state index contributed by atoms with van der Waals surface area (Å²) in [5.74, 6) is -3.14. The first kappa shape index (κ1) is 39.0. The molecule has 2 amide bonds. The van der Waals surface area contributed by atoms with Crippen molar-refractivity contribution in [2.45, 2.75) is 85.6 Å². The number of anilines is 1. The third-order valence-electron chi connectivity index (χ3n) is 6.66. The van der Waals surface area contributed by atoms with Crippen molar-refractivity contribution in [3.8, 4) is 0 Å². The summed E-state index contributed by atoms with van der Waals surface area (Å²) in [5, 5.41) is 9.75. The second-order valence-corrected chi connectivity index (χ2v) is 14.1. The van der Waals surface area contributed by atoms with E-state index in [4.69, 9.17) is 28.8 Å². The quantitative estimate of drug-likeness (QED) is 0.183. The standard InChI is InChI=1S/C28H41N7O13S/c1-27(2,3)24(38)45-14-43-19(36)10-8-17(23(37)44-15-46-25(39)28(4,5)6)33-26(40)34-21-20-22(31-12-30-21)35(13-32-20)18-9-7-16(48-18)11-47-49(29,41)42/h12-13,16-18H,7-11,14-15H2,1-6H3,(H2,29,41,42)(H2,30,31,33,34,40)/t16-,17-,18+/m0/s1. The van der Waals surface area contributed by atoms with Crippen LogP contribution in [0.4, 0.5) is 10.6 Å². The highest BCUT2D eigenvalue weighted by Crippen LogP contribution is 2.31. The predicted molar refractivity (Wildman–Crippen MR) is 166 cm³/mol. The minimum atomic E-state index is -4.14. The van der Waals surface area contributed by atoms with Crippen LogP contribution in [0, 0.1) is 10.8 Å². The van der Waals surface area contributed by atoms with Crippen LogP contribution in [0.2, 0.25) is 0 Å². The fourth-order valence-electron chi connectivity index (χ4n) is 4.05. The summed E-state index contributed by atoms with van der Waals surface area (Å²) in [6.45, 7) is 8.02. The topological polar surface area (TPSA) is 269 Å². The molecule has 1 fully saturated rings. The smallest absolute Gasteiger partial charge is 0.333 e. The third kappa shape index (κ3) is 12.2. The number of nitrogens with two attached hydrogens (primary N) is 1. The lowest BCUT2D eigenvalue weighted by atomic mass is 9.97. The number of hydrogen-bond donors (Lipinski definition) is 3. The van der Waals surface area contributed by atoms with Crippen molar-refractivity contribution >= 4 is 57.2 Å². The Balaban J connectivity index is 1.65. The highest BCUT2D eigenvalue weighted by Gasteiger charge is 2.31. The van der Waals surface area contributed by atoms with Crippen LogP contribution in [0.1, 0.15) is 73.5 Å². The average Bonchev–Trinajstić information content (AvgIpc) is 3.64. The van der Waals surface area contributed by atoms with Gasteiger partial charge in [-0.3, -0.25) is 28.5 Å². The van der Waals surface area contributed by atoms with Gasteiger partial charge in [-0.15, -0.1) is 0 Å². The van der Waals surface area contributed by atoms with Crippen LogP contribution in [-0.2, 0) is 57.3 Å². The Kier molecular flexibility index (Phi) is 13.0. The van der Waals surface area contributed by atoms with E-state index in [-0.39, 0.29) is 30.0 Å². The van der Waals surface area contributed by atoms with E-state index in [9.17, 15) is 32.4 Å². The molecule has 49 heavy (non-hydrogen) atoms. The van der Waals surface area contributed by atoms with Crippen LogP contribution in [0.25, 0.3) is 11.2 Å². The summed E-state index contributed by atoms with van der Waals surface area (Å²) in [4.78, 5) is 74.7. The van der Waals surface area contributed by atoms with E-state index in [1.165, 1.54) is 6.33 Å². The molecule has 3 heterocycles. The lowest BCUT2D eigenvalue weighted by Crippen LogP contribution is -2.44. The van der Waals surface area contributed by atoms with Crippen LogP contribution >= 0.6 is 0 Å². The molecule has 2 aromatic rings. The molecule has 0 spiro atoms. The molecule has 0 unspecified atom stereocenters. The molecule has 2 aromatic heterocycles. The number of amides is 2. The molecule has 272 valence electrons. The van der Waals surface area contributed by atoms with Gasteiger partial charge in [0.2, 0.25) is 13.6 Å². The van der Waals surface area contributed by atoms with Crippen LogP contribution in [0.3, 0.4) is 0 Å². The summed E-state index contributed by atoms with van der Waals surface area (Å²) < 4.78 is 54.0. The van der Waals surface area contributed by atoms with E-state index >= 15 is 0 Å². The molecule has 0 saturated carbocycles. The van der Waals surface area contributed by atoms with Crippen molar-refractivity contribution in [3.63, 3.8) is 0 Å². The van der Waals surface area contributed by atoms with Crippen molar-refractivity contribution < 1.29 is 60.3 Å². The number of hydrogen-bond acceptors (Lipinski definition) is 16. The van der Waals surface area contributed by atoms with Crippen molar-refractivity contribution in [2.24, 2.45) is 16.0 Å². The molecule has 3 atom stereocenters. The maximum Gasteiger partial charge on any atom is 0.333 e. The first-order valence-corrected chi connectivity index (χ1v) is 16.5. The molecule has 1 saturated heterocycles. The van der Waals surface area contributed by atoms with Crippen LogP contribution in [0.15, 0.2) is 12.7 Å². The fraction of sp³-hybridized carbons (Fsp3) is 0.643. The molecular weight excluding hydrogens is 674 g/mol. The number of rotatable bonds is 14. The zero-order chi connectivity index (χ0) is 36.6.